The molecule has 0 aliphatic rings. The van der Waals surface area contributed by atoms with E-state index in [4.69, 9.17) is 4.74 Å². The van der Waals surface area contributed by atoms with E-state index in [-0.39, 0.29) is 5.97 Å². The van der Waals surface area contributed by atoms with E-state index >= 15 is 0 Å². The van der Waals surface area contributed by atoms with Gasteiger partial charge in [0.15, 0.2) is 0 Å². The Balaban J connectivity index is 2.15. The third-order valence-corrected chi connectivity index (χ3v) is 1.75. The minimum atomic E-state index is -0.314. The van der Waals surface area contributed by atoms with Crippen LogP contribution in [0.5, 0.6) is 0 Å². The number of aromatic nitrogens is 2. The molecule has 0 fully saturated rings. The van der Waals surface area contributed by atoms with Gasteiger partial charge in [0.25, 0.3) is 0 Å². The normalized spacial score (nSPS) is 10.6. The van der Waals surface area contributed by atoms with Crippen molar-refractivity contribution in [2.75, 3.05) is 13.2 Å². The molecule has 1 rings (SSSR count). The zero-order chi connectivity index (χ0) is 11.6. The van der Waals surface area contributed by atoms with E-state index in [1.807, 2.05) is 6.07 Å². The lowest BCUT2D eigenvalue weighted by Crippen LogP contribution is -2.14. The van der Waals surface area contributed by atoms with Crippen LogP contribution in [-0.4, -0.2) is 29.1 Å². The Morgan fingerprint density at radius 2 is 2.50 bits per heavy atom. The van der Waals surface area contributed by atoms with Crippen molar-refractivity contribution in [1.82, 2.24) is 15.3 Å². The lowest BCUT2D eigenvalue weighted by molar-refractivity contribution is -0.137. The van der Waals surface area contributed by atoms with E-state index in [9.17, 15) is 4.79 Å². The monoisotopic (exact) mass is 221 g/mol. The van der Waals surface area contributed by atoms with Gasteiger partial charge in [0.1, 0.15) is 6.33 Å². The van der Waals surface area contributed by atoms with E-state index in [0.717, 1.165) is 5.69 Å². The van der Waals surface area contributed by atoms with Gasteiger partial charge in [-0.15, -0.1) is 0 Å². The molecule has 5 nitrogen and oxygen atoms in total. The van der Waals surface area contributed by atoms with Crippen LogP contribution in [0.2, 0.25) is 0 Å². The minimum Gasteiger partial charge on any atom is -0.463 e. The Morgan fingerprint density at radius 1 is 1.62 bits per heavy atom. The van der Waals surface area contributed by atoms with Gasteiger partial charge in [-0.1, -0.05) is 6.08 Å². The molecule has 1 aromatic rings. The molecule has 0 spiro atoms. The van der Waals surface area contributed by atoms with Crippen molar-refractivity contribution < 1.29 is 9.53 Å². The predicted molar refractivity (Wildman–Crippen MR) is 59.5 cm³/mol. The highest BCUT2D eigenvalue weighted by molar-refractivity contribution is 5.81. The topological polar surface area (TPSA) is 64.1 Å². The summed E-state index contributed by atoms with van der Waals surface area (Å²) in [4.78, 5) is 18.8. The molecule has 1 heterocycles. The van der Waals surface area contributed by atoms with Gasteiger partial charge < -0.3 is 10.1 Å². The summed E-state index contributed by atoms with van der Waals surface area (Å²) in [5.74, 6) is -0.314. The zero-order valence-corrected chi connectivity index (χ0v) is 9.22. The molecule has 86 valence electrons. The molecule has 0 saturated carbocycles. The number of ether oxygens (including phenoxy) is 1. The molecule has 0 bridgehead atoms. The SMILES string of the molecule is CCOC(=O)/C=C/CNCc1ccncn1. The number of nitrogens with zero attached hydrogens (tertiary/aromatic N) is 2. The van der Waals surface area contributed by atoms with Crippen LogP contribution in [0.3, 0.4) is 0 Å². The number of carbonyl (C=O) groups excluding carboxylic acids is 1. The molecule has 1 N–H and O–H groups in total. The standard InChI is InChI=1S/C11H15N3O2/c1-2-16-11(15)4-3-6-12-8-10-5-7-13-9-14-10/h3-5,7,9,12H,2,6,8H2,1H3/b4-3+. The van der Waals surface area contributed by atoms with Gasteiger partial charge in [0, 0.05) is 25.4 Å². The van der Waals surface area contributed by atoms with Crippen LogP contribution in [0.25, 0.3) is 0 Å². The van der Waals surface area contributed by atoms with Gasteiger partial charge in [-0.25, -0.2) is 14.8 Å². The van der Waals surface area contributed by atoms with Gasteiger partial charge in [0.05, 0.1) is 12.3 Å². The largest absolute Gasteiger partial charge is 0.463 e. The number of nitrogens with one attached hydrogen (secondary N) is 1. The van der Waals surface area contributed by atoms with E-state index < -0.39 is 0 Å². The Kier molecular flexibility index (Phi) is 5.80. The van der Waals surface area contributed by atoms with Crippen LogP contribution < -0.4 is 5.32 Å². The molecule has 0 unspecified atom stereocenters. The highest BCUT2D eigenvalue weighted by Crippen LogP contribution is 1.89. The Morgan fingerprint density at radius 3 is 3.19 bits per heavy atom. The summed E-state index contributed by atoms with van der Waals surface area (Å²) in [7, 11) is 0. The summed E-state index contributed by atoms with van der Waals surface area (Å²) in [6.45, 7) is 3.43. The second-order valence-electron chi connectivity index (χ2n) is 2.99. The molecule has 0 aromatic carbocycles. The molecule has 0 atom stereocenters. The van der Waals surface area contributed by atoms with Gasteiger partial charge in [0.2, 0.25) is 0 Å². The minimum absolute atomic E-state index is 0.314. The van der Waals surface area contributed by atoms with Crippen molar-refractivity contribution in [2.45, 2.75) is 13.5 Å². The van der Waals surface area contributed by atoms with E-state index in [0.29, 0.717) is 19.7 Å². The van der Waals surface area contributed by atoms with E-state index in [1.165, 1.54) is 12.4 Å². The smallest absolute Gasteiger partial charge is 0.330 e. The lowest BCUT2D eigenvalue weighted by atomic mass is 10.4. The van der Waals surface area contributed by atoms with Crippen LogP contribution in [0.4, 0.5) is 0 Å². The fraction of sp³-hybridized carbons (Fsp3) is 0.364. The van der Waals surface area contributed by atoms with Gasteiger partial charge >= 0.3 is 5.97 Å². The Hall–Kier alpha value is -1.75. The molecule has 1 aromatic heterocycles. The van der Waals surface area contributed by atoms with Crippen molar-refractivity contribution >= 4 is 5.97 Å². The summed E-state index contributed by atoms with van der Waals surface area (Å²) >= 11 is 0. The number of hydrogen-bond donors (Lipinski definition) is 1. The summed E-state index contributed by atoms with van der Waals surface area (Å²) in [6.07, 6.45) is 6.33. The van der Waals surface area contributed by atoms with Gasteiger partial charge in [-0.2, -0.15) is 0 Å². The molecule has 0 amide bonds. The van der Waals surface area contributed by atoms with Crippen molar-refractivity contribution in [1.29, 1.82) is 0 Å². The third kappa shape index (κ3) is 5.21. The first-order valence-electron chi connectivity index (χ1n) is 5.12. The summed E-state index contributed by atoms with van der Waals surface area (Å²) in [6, 6.07) is 1.84. The molecule has 5 heteroatoms. The molecule has 0 aliphatic carbocycles. The highest BCUT2D eigenvalue weighted by Gasteiger charge is 1.93. The van der Waals surface area contributed by atoms with Crippen LogP contribution in [-0.2, 0) is 16.1 Å². The van der Waals surface area contributed by atoms with Crippen LogP contribution in [0.1, 0.15) is 12.6 Å². The van der Waals surface area contributed by atoms with Gasteiger partial charge in [-0.3, -0.25) is 0 Å². The maximum atomic E-state index is 10.9. The Bertz CT molecular complexity index is 338. The average molecular weight is 221 g/mol. The Labute approximate surface area is 94.6 Å². The van der Waals surface area contributed by atoms with Crippen LogP contribution in [0, 0.1) is 0 Å². The summed E-state index contributed by atoms with van der Waals surface area (Å²) in [5, 5.41) is 3.11. The maximum absolute atomic E-state index is 10.9. The second kappa shape index (κ2) is 7.53. The molecule has 16 heavy (non-hydrogen) atoms. The first-order valence-corrected chi connectivity index (χ1v) is 5.12. The van der Waals surface area contributed by atoms with Crippen molar-refractivity contribution in [3.05, 3.63) is 36.4 Å². The predicted octanol–water partition coefficient (Wildman–Crippen LogP) is 0.685. The summed E-state index contributed by atoms with van der Waals surface area (Å²) < 4.78 is 4.73. The number of hydrogen-bond acceptors (Lipinski definition) is 5. The van der Waals surface area contributed by atoms with Gasteiger partial charge in [-0.05, 0) is 13.0 Å². The van der Waals surface area contributed by atoms with Crippen LogP contribution >= 0.6 is 0 Å². The van der Waals surface area contributed by atoms with Crippen molar-refractivity contribution in [3.8, 4) is 0 Å². The average Bonchev–Trinajstić information content (AvgIpc) is 2.30. The molecule has 0 aliphatic heterocycles. The fourth-order valence-corrected chi connectivity index (χ4v) is 1.05. The maximum Gasteiger partial charge on any atom is 0.330 e. The molecule has 0 radical (unpaired) electrons. The number of rotatable bonds is 6. The first kappa shape index (κ1) is 12.3. The van der Waals surface area contributed by atoms with Crippen LogP contribution in [0.15, 0.2) is 30.7 Å². The fourth-order valence-electron chi connectivity index (χ4n) is 1.05. The van der Waals surface area contributed by atoms with E-state index in [2.05, 4.69) is 15.3 Å². The highest BCUT2D eigenvalue weighted by atomic mass is 16.5. The van der Waals surface area contributed by atoms with E-state index in [1.54, 1.807) is 19.2 Å². The quantitative estimate of drug-likeness (QED) is 0.435. The first-order chi connectivity index (χ1) is 7.83. The molecular formula is C11H15N3O2. The number of carbonyl (C=O) groups is 1. The molecule has 0 saturated heterocycles. The number of esters is 1. The third-order valence-electron chi connectivity index (χ3n) is 1.75. The van der Waals surface area contributed by atoms with Crippen molar-refractivity contribution in [3.63, 3.8) is 0 Å². The second-order valence-corrected chi connectivity index (χ2v) is 2.99. The summed E-state index contributed by atoms with van der Waals surface area (Å²) in [5.41, 5.74) is 0.916. The zero-order valence-electron chi connectivity index (χ0n) is 9.22. The molecular weight excluding hydrogens is 206 g/mol. The lowest BCUT2D eigenvalue weighted by Gasteiger charge is -1.99. The van der Waals surface area contributed by atoms with Crippen molar-refractivity contribution in [2.24, 2.45) is 0 Å².